The lowest BCUT2D eigenvalue weighted by Gasteiger charge is -2.13. The molecule has 0 spiro atoms. The quantitative estimate of drug-likeness (QED) is 0.338. The van der Waals surface area contributed by atoms with Crippen LogP contribution in [0.3, 0.4) is 0 Å². The minimum atomic E-state index is 0.430. The Hall–Kier alpha value is -0.0200. The van der Waals surface area contributed by atoms with Crippen LogP contribution in [0.4, 0.5) is 0 Å². The summed E-state index contributed by atoms with van der Waals surface area (Å²) in [5.41, 5.74) is 1.31. The monoisotopic (exact) mass is 390 g/mol. The van der Waals surface area contributed by atoms with Crippen LogP contribution in [0.15, 0.2) is 22.7 Å². The first-order valence-corrected chi connectivity index (χ1v) is 8.87. The van der Waals surface area contributed by atoms with Gasteiger partial charge in [-0.05, 0) is 24.1 Å². The molecule has 0 aliphatic rings. The summed E-state index contributed by atoms with van der Waals surface area (Å²) < 4.78 is 6.35. The number of unbranched alkanes of at least 4 members (excludes halogenated alkanes) is 5. The van der Waals surface area contributed by atoms with Crippen molar-refractivity contribution in [3.8, 4) is 5.75 Å². The first-order chi connectivity index (χ1) is 9.19. The number of hydrogen-bond acceptors (Lipinski definition) is 1. The average molecular weight is 392 g/mol. The van der Waals surface area contributed by atoms with Crippen molar-refractivity contribution in [3.63, 3.8) is 0 Å². The second kappa shape index (κ2) is 9.82. The van der Waals surface area contributed by atoms with E-state index >= 15 is 0 Å². The molecule has 0 N–H and O–H groups in total. The van der Waals surface area contributed by atoms with Gasteiger partial charge in [0, 0.05) is 9.30 Å². The van der Waals surface area contributed by atoms with Gasteiger partial charge >= 0.3 is 0 Å². The number of benzene rings is 1. The van der Waals surface area contributed by atoms with E-state index in [1.54, 1.807) is 7.11 Å². The molecule has 1 unspecified atom stereocenters. The highest BCUT2D eigenvalue weighted by Gasteiger charge is 2.11. The molecular weight excluding hydrogens is 368 g/mol. The third-order valence-electron chi connectivity index (χ3n) is 3.36. The zero-order valence-electron chi connectivity index (χ0n) is 11.9. The number of rotatable bonds is 9. The predicted octanol–water partition coefficient (Wildman–Crippen LogP) is 6.64. The van der Waals surface area contributed by atoms with Crippen LogP contribution in [0, 0.1) is 0 Å². The molecule has 3 heteroatoms. The molecule has 1 atom stereocenters. The van der Waals surface area contributed by atoms with E-state index in [2.05, 4.69) is 44.8 Å². The van der Waals surface area contributed by atoms with E-state index in [-0.39, 0.29) is 0 Å². The SMILES string of the molecule is CCCCCCCCC(Br)c1ccc(OC)cc1Br. The smallest absolute Gasteiger partial charge is 0.120 e. The molecule has 1 aromatic carbocycles. The van der Waals surface area contributed by atoms with Crippen LogP contribution < -0.4 is 4.74 Å². The summed E-state index contributed by atoms with van der Waals surface area (Å²) in [7, 11) is 1.70. The molecule has 1 aromatic rings. The molecule has 0 saturated carbocycles. The van der Waals surface area contributed by atoms with Gasteiger partial charge in [0.2, 0.25) is 0 Å². The first-order valence-electron chi connectivity index (χ1n) is 7.16. The largest absolute Gasteiger partial charge is 0.497 e. The molecule has 0 radical (unpaired) electrons. The Morgan fingerprint density at radius 3 is 2.42 bits per heavy atom. The molecule has 108 valence electrons. The summed E-state index contributed by atoms with van der Waals surface area (Å²) in [5, 5.41) is 0. The number of ether oxygens (including phenoxy) is 1. The Balaban J connectivity index is 2.34. The molecule has 1 rings (SSSR count). The van der Waals surface area contributed by atoms with Crippen molar-refractivity contribution in [1.29, 1.82) is 0 Å². The molecule has 0 fully saturated rings. The summed E-state index contributed by atoms with van der Waals surface area (Å²) in [6.07, 6.45) is 9.28. The maximum Gasteiger partial charge on any atom is 0.120 e. The third kappa shape index (κ3) is 6.31. The van der Waals surface area contributed by atoms with Crippen LogP contribution in [-0.2, 0) is 0 Å². The van der Waals surface area contributed by atoms with E-state index in [4.69, 9.17) is 4.74 Å². The zero-order valence-corrected chi connectivity index (χ0v) is 15.1. The van der Waals surface area contributed by atoms with Crippen molar-refractivity contribution < 1.29 is 4.74 Å². The lowest BCUT2D eigenvalue weighted by molar-refractivity contribution is 0.414. The van der Waals surface area contributed by atoms with E-state index in [9.17, 15) is 0 Å². The van der Waals surface area contributed by atoms with Crippen molar-refractivity contribution in [2.75, 3.05) is 7.11 Å². The molecular formula is C16H24Br2O. The van der Waals surface area contributed by atoms with Crippen molar-refractivity contribution >= 4 is 31.9 Å². The third-order valence-corrected chi connectivity index (χ3v) is 4.99. The average Bonchev–Trinajstić information content (AvgIpc) is 2.42. The van der Waals surface area contributed by atoms with Crippen LogP contribution in [0.1, 0.15) is 62.3 Å². The van der Waals surface area contributed by atoms with Crippen molar-refractivity contribution in [2.45, 2.75) is 56.7 Å². The molecule has 0 bridgehead atoms. The van der Waals surface area contributed by atoms with Gasteiger partial charge in [0.25, 0.3) is 0 Å². The molecule has 19 heavy (non-hydrogen) atoms. The standard InChI is InChI=1S/C16H24Br2O/c1-3-4-5-6-7-8-9-15(17)14-11-10-13(19-2)12-16(14)18/h10-12,15H,3-9H2,1-2H3. The molecule has 0 heterocycles. The minimum Gasteiger partial charge on any atom is -0.497 e. The number of alkyl halides is 1. The Bertz CT molecular complexity index is 366. The lowest BCUT2D eigenvalue weighted by atomic mass is 10.0. The van der Waals surface area contributed by atoms with Crippen LogP contribution >= 0.6 is 31.9 Å². The second-order valence-corrected chi connectivity index (χ2v) is 6.87. The second-order valence-electron chi connectivity index (χ2n) is 4.91. The number of halogens is 2. The van der Waals surface area contributed by atoms with Gasteiger partial charge in [-0.2, -0.15) is 0 Å². The van der Waals surface area contributed by atoms with Gasteiger partial charge in [0.1, 0.15) is 5.75 Å². The maximum absolute atomic E-state index is 5.22. The highest BCUT2D eigenvalue weighted by Crippen LogP contribution is 2.35. The predicted molar refractivity (Wildman–Crippen MR) is 90.4 cm³/mol. The zero-order chi connectivity index (χ0) is 14.1. The van der Waals surface area contributed by atoms with Crippen LogP contribution in [-0.4, -0.2) is 7.11 Å². The molecule has 0 amide bonds. The van der Waals surface area contributed by atoms with Crippen molar-refractivity contribution in [2.24, 2.45) is 0 Å². The number of methoxy groups -OCH3 is 1. The molecule has 0 aliphatic carbocycles. The summed E-state index contributed by atoms with van der Waals surface area (Å²) in [6.45, 7) is 2.26. The fourth-order valence-corrected chi connectivity index (χ4v) is 3.81. The van der Waals surface area contributed by atoms with Crippen LogP contribution in [0.5, 0.6) is 5.75 Å². The van der Waals surface area contributed by atoms with Crippen molar-refractivity contribution in [1.82, 2.24) is 0 Å². The fourth-order valence-electron chi connectivity index (χ4n) is 2.15. The van der Waals surface area contributed by atoms with Gasteiger partial charge in [-0.1, -0.05) is 83.4 Å². The Morgan fingerprint density at radius 1 is 1.11 bits per heavy atom. The highest BCUT2D eigenvalue weighted by atomic mass is 79.9. The summed E-state index contributed by atoms with van der Waals surface area (Å²) >= 11 is 7.42. The van der Waals surface area contributed by atoms with Gasteiger partial charge in [0.15, 0.2) is 0 Å². The topological polar surface area (TPSA) is 9.23 Å². The first kappa shape index (κ1) is 17.0. The molecule has 0 saturated heterocycles. The van der Waals surface area contributed by atoms with Gasteiger partial charge in [-0.25, -0.2) is 0 Å². The van der Waals surface area contributed by atoms with Gasteiger partial charge < -0.3 is 4.74 Å². The van der Waals surface area contributed by atoms with Crippen LogP contribution in [0.25, 0.3) is 0 Å². The Labute approximate surface area is 134 Å². The molecule has 0 aromatic heterocycles. The Morgan fingerprint density at radius 2 is 1.79 bits per heavy atom. The highest BCUT2D eigenvalue weighted by molar-refractivity contribution is 9.11. The van der Waals surface area contributed by atoms with Gasteiger partial charge in [-0.3, -0.25) is 0 Å². The molecule has 1 nitrogen and oxygen atoms in total. The number of hydrogen-bond donors (Lipinski definition) is 0. The fraction of sp³-hybridized carbons (Fsp3) is 0.625. The maximum atomic E-state index is 5.22. The van der Waals surface area contributed by atoms with E-state index in [1.807, 2.05) is 12.1 Å². The van der Waals surface area contributed by atoms with Gasteiger partial charge in [-0.15, -0.1) is 0 Å². The summed E-state index contributed by atoms with van der Waals surface area (Å²) in [6, 6.07) is 6.19. The van der Waals surface area contributed by atoms with E-state index < -0.39 is 0 Å². The van der Waals surface area contributed by atoms with E-state index in [0.29, 0.717) is 4.83 Å². The van der Waals surface area contributed by atoms with Crippen molar-refractivity contribution in [3.05, 3.63) is 28.2 Å². The van der Waals surface area contributed by atoms with E-state index in [1.165, 1.54) is 50.5 Å². The normalized spacial score (nSPS) is 12.4. The lowest BCUT2D eigenvalue weighted by Crippen LogP contribution is -1.93. The summed E-state index contributed by atoms with van der Waals surface area (Å²) in [5.74, 6) is 0.898. The summed E-state index contributed by atoms with van der Waals surface area (Å²) in [4.78, 5) is 0.430. The van der Waals surface area contributed by atoms with Gasteiger partial charge in [0.05, 0.1) is 7.11 Å². The minimum absolute atomic E-state index is 0.430. The van der Waals surface area contributed by atoms with E-state index in [0.717, 1.165) is 10.2 Å². The molecule has 0 aliphatic heterocycles. The Kier molecular flexibility index (Phi) is 8.80. The van der Waals surface area contributed by atoms with Crippen LogP contribution in [0.2, 0.25) is 0 Å².